The number of rotatable bonds is 11. The van der Waals surface area contributed by atoms with Gasteiger partial charge in [-0.3, -0.25) is 9.69 Å². The van der Waals surface area contributed by atoms with Crippen molar-refractivity contribution in [3.05, 3.63) is 35.9 Å². The number of benzene rings is 1. The summed E-state index contributed by atoms with van der Waals surface area (Å²) in [7, 11) is 0. The number of carbonyl (C=O) groups excluding carboxylic acids is 1. The summed E-state index contributed by atoms with van der Waals surface area (Å²) in [5.74, 6) is 1.73. The minimum absolute atomic E-state index is 0.230. The maximum absolute atomic E-state index is 12.3. The molecule has 3 saturated heterocycles. The summed E-state index contributed by atoms with van der Waals surface area (Å²) < 4.78 is 0. The van der Waals surface area contributed by atoms with Gasteiger partial charge >= 0.3 is 0 Å². The number of carbonyl (C=O) groups is 1. The molecular weight excluding hydrogens is 410 g/mol. The van der Waals surface area contributed by atoms with Gasteiger partial charge < -0.3 is 20.4 Å². The van der Waals surface area contributed by atoms with Gasteiger partial charge in [0.1, 0.15) is 0 Å². The fourth-order valence-electron chi connectivity index (χ4n) is 6.01. The van der Waals surface area contributed by atoms with Crippen LogP contribution in [0.15, 0.2) is 30.3 Å². The average molecular weight is 456 g/mol. The molecule has 0 radical (unpaired) electrons. The predicted molar refractivity (Wildman–Crippen MR) is 135 cm³/mol. The van der Waals surface area contributed by atoms with E-state index >= 15 is 0 Å². The van der Waals surface area contributed by atoms with Crippen molar-refractivity contribution >= 4 is 5.91 Å². The lowest BCUT2D eigenvalue weighted by atomic mass is 9.79. The van der Waals surface area contributed by atoms with Crippen LogP contribution in [0.1, 0.15) is 44.6 Å². The Bertz CT molecular complexity index is 706. The topological polar surface area (TPSA) is 50.9 Å². The number of hydrogen-bond donors (Lipinski definition) is 2. The number of likely N-dealkylation sites (tertiary alicyclic amines) is 1. The second-order valence-corrected chi connectivity index (χ2v) is 10.4. The van der Waals surface area contributed by atoms with Gasteiger partial charge in [0.05, 0.1) is 0 Å². The van der Waals surface area contributed by atoms with E-state index in [1.807, 2.05) is 0 Å². The highest BCUT2D eigenvalue weighted by molar-refractivity contribution is 5.75. The maximum atomic E-state index is 12.3. The summed E-state index contributed by atoms with van der Waals surface area (Å²) in [6, 6.07) is 11.4. The molecule has 0 saturated carbocycles. The Balaban J connectivity index is 1.08. The smallest absolute Gasteiger partial charge is 0.219 e. The minimum Gasteiger partial charge on any atom is -0.356 e. The summed E-state index contributed by atoms with van der Waals surface area (Å²) >= 11 is 0. The zero-order valence-corrected chi connectivity index (χ0v) is 20.7. The number of amides is 1. The van der Waals surface area contributed by atoms with Gasteiger partial charge in [0.2, 0.25) is 5.91 Å². The van der Waals surface area contributed by atoms with E-state index in [-0.39, 0.29) is 5.91 Å². The first kappa shape index (κ1) is 24.6. The van der Waals surface area contributed by atoms with Gasteiger partial charge in [-0.05, 0) is 62.7 Å². The van der Waals surface area contributed by atoms with Gasteiger partial charge in [-0.15, -0.1) is 0 Å². The molecule has 0 spiro atoms. The standard InChI is InChI=1S/C27H45N5O/c1-2-30-14-16-31(17-15-30)13-7-12-28-27(33)11-6-10-26-25-18-24(19-29-26)21-32(22-25)20-23-8-4-3-5-9-23/h3-5,8-9,24-26,29H,2,6-7,10-22H2,1H3,(H,28,33)/t24-,25-,26+/m0/s1. The molecule has 3 fully saturated rings. The highest BCUT2D eigenvalue weighted by Gasteiger charge is 2.36. The van der Waals surface area contributed by atoms with Crippen LogP contribution in [-0.4, -0.2) is 92.1 Å². The van der Waals surface area contributed by atoms with Crippen molar-refractivity contribution < 1.29 is 4.79 Å². The van der Waals surface area contributed by atoms with Gasteiger partial charge in [-0.25, -0.2) is 0 Å². The summed E-state index contributed by atoms with van der Waals surface area (Å²) in [6.45, 7) is 14.6. The average Bonchev–Trinajstić information content (AvgIpc) is 2.84. The van der Waals surface area contributed by atoms with Gasteiger partial charge in [0.15, 0.2) is 0 Å². The Hall–Kier alpha value is -1.47. The van der Waals surface area contributed by atoms with E-state index in [0.29, 0.717) is 12.5 Å². The highest BCUT2D eigenvalue weighted by Crippen LogP contribution is 2.31. The number of hydrogen-bond acceptors (Lipinski definition) is 5. The zero-order valence-electron chi connectivity index (χ0n) is 20.7. The number of nitrogens with zero attached hydrogens (tertiary/aromatic N) is 3. The van der Waals surface area contributed by atoms with Crippen LogP contribution in [0.3, 0.4) is 0 Å². The molecule has 3 aliphatic heterocycles. The molecule has 2 bridgehead atoms. The molecule has 3 aliphatic rings. The van der Waals surface area contributed by atoms with Gasteiger partial charge in [0.25, 0.3) is 0 Å². The Labute approximate surface area is 201 Å². The lowest BCUT2D eigenvalue weighted by Crippen LogP contribution is -2.55. The van der Waals surface area contributed by atoms with Crippen LogP contribution in [-0.2, 0) is 11.3 Å². The fourth-order valence-corrected chi connectivity index (χ4v) is 6.01. The molecule has 1 aromatic carbocycles. The lowest BCUT2D eigenvalue weighted by Gasteiger charge is -2.46. The van der Waals surface area contributed by atoms with E-state index in [9.17, 15) is 4.79 Å². The van der Waals surface area contributed by atoms with Crippen molar-refractivity contribution in [3.8, 4) is 0 Å². The third-order valence-corrected chi connectivity index (χ3v) is 7.94. The molecule has 1 aromatic rings. The number of piperidine rings is 2. The van der Waals surface area contributed by atoms with E-state index in [1.165, 1.54) is 51.3 Å². The van der Waals surface area contributed by atoms with Crippen molar-refractivity contribution in [3.63, 3.8) is 0 Å². The third-order valence-electron chi connectivity index (χ3n) is 7.94. The summed E-state index contributed by atoms with van der Waals surface area (Å²) in [5.41, 5.74) is 1.42. The molecular formula is C27H45N5O. The fraction of sp³-hybridized carbons (Fsp3) is 0.741. The normalized spacial score (nSPS) is 26.9. The van der Waals surface area contributed by atoms with Crippen molar-refractivity contribution in [1.29, 1.82) is 0 Å². The summed E-state index contributed by atoms with van der Waals surface area (Å²) in [4.78, 5) is 20.0. The number of fused-ring (bicyclic) bond motifs is 2. The van der Waals surface area contributed by atoms with E-state index in [2.05, 4.69) is 62.6 Å². The molecule has 1 amide bonds. The van der Waals surface area contributed by atoms with Crippen LogP contribution >= 0.6 is 0 Å². The first-order valence-corrected chi connectivity index (χ1v) is 13.4. The van der Waals surface area contributed by atoms with Crippen LogP contribution in [0.2, 0.25) is 0 Å². The molecule has 0 unspecified atom stereocenters. The van der Waals surface area contributed by atoms with Crippen LogP contribution in [0, 0.1) is 11.8 Å². The largest absolute Gasteiger partial charge is 0.356 e. The molecule has 33 heavy (non-hydrogen) atoms. The Morgan fingerprint density at radius 2 is 1.82 bits per heavy atom. The SMILES string of the molecule is CCN1CCN(CCCNC(=O)CCC[C@H]2NC[C@@H]3C[C@H]2CN(Cc2ccccc2)C3)CC1. The highest BCUT2D eigenvalue weighted by atomic mass is 16.1. The van der Waals surface area contributed by atoms with Crippen molar-refractivity contribution in [2.75, 3.05) is 65.4 Å². The number of likely N-dealkylation sites (N-methyl/N-ethyl adjacent to an activating group) is 1. The molecule has 4 rings (SSSR count). The molecule has 3 heterocycles. The first-order chi connectivity index (χ1) is 16.2. The molecule has 0 aliphatic carbocycles. The van der Waals surface area contributed by atoms with Gasteiger partial charge in [-0.2, -0.15) is 0 Å². The van der Waals surface area contributed by atoms with Gasteiger partial charge in [0, 0.05) is 64.8 Å². The molecule has 0 aromatic heterocycles. The van der Waals surface area contributed by atoms with E-state index in [1.54, 1.807) is 0 Å². The zero-order chi connectivity index (χ0) is 22.9. The van der Waals surface area contributed by atoms with Crippen molar-refractivity contribution in [2.45, 2.75) is 51.6 Å². The number of nitrogens with one attached hydrogen (secondary N) is 2. The third kappa shape index (κ3) is 7.78. The molecule has 6 heteroatoms. The van der Waals surface area contributed by atoms with E-state index in [0.717, 1.165) is 63.8 Å². The Morgan fingerprint density at radius 3 is 2.61 bits per heavy atom. The maximum Gasteiger partial charge on any atom is 0.219 e. The molecule has 3 atom stereocenters. The lowest BCUT2D eigenvalue weighted by molar-refractivity contribution is -0.121. The van der Waals surface area contributed by atoms with Crippen LogP contribution in [0.4, 0.5) is 0 Å². The monoisotopic (exact) mass is 455 g/mol. The van der Waals surface area contributed by atoms with E-state index in [4.69, 9.17) is 0 Å². The second kappa shape index (κ2) is 12.8. The second-order valence-electron chi connectivity index (χ2n) is 10.4. The van der Waals surface area contributed by atoms with Crippen LogP contribution in [0.25, 0.3) is 0 Å². The summed E-state index contributed by atoms with van der Waals surface area (Å²) in [6.07, 6.45) is 5.18. The molecule has 2 N–H and O–H groups in total. The Kier molecular flexibility index (Phi) is 9.59. The molecule has 184 valence electrons. The first-order valence-electron chi connectivity index (χ1n) is 13.4. The van der Waals surface area contributed by atoms with Crippen molar-refractivity contribution in [1.82, 2.24) is 25.3 Å². The van der Waals surface area contributed by atoms with Crippen LogP contribution in [0.5, 0.6) is 0 Å². The minimum atomic E-state index is 0.230. The van der Waals surface area contributed by atoms with E-state index < -0.39 is 0 Å². The number of piperazine rings is 1. The molecule has 6 nitrogen and oxygen atoms in total. The summed E-state index contributed by atoms with van der Waals surface area (Å²) in [5, 5.41) is 6.96. The van der Waals surface area contributed by atoms with Crippen molar-refractivity contribution in [2.24, 2.45) is 11.8 Å². The predicted octanol–water partition coefficient (Wildman–Crippen LogP) is 2.41. The van der Waals surface area contributed by atoms with Crippen LogP contribution < -0.4 is 10.6 Å². The quantitative estimate of drug-likeness (QED) is 0.502. The van der Waals surface area contributed by atoms with Gasteiger partial charge in [-0.1, -0.05) is 37.3 Å². The Morgan fingerprint density at radius 1 is 1.03 bits per heavy atom.